The number of nitrogens with one attached hydrogen (secondary N) is 1. The van der Waals surface area contributed by atoms with Gasteiger partial charge in [-0.25, -0.2) is 0 Å². The summed E-state index contributed by atoms with van der Waals surface area (Å²) in [7, 11) is 1.59. The molecule has 1 saturated heterocycles. The van der Waals surface area contributed by atoms with E-state index in [9.17, 15) is 9.59 Å². The summed E-state index contributed by atoms with van der Waals surface area (Å²) in [5, 5.41) is 12.3. The molecule has 9 heteroatoms. The Balaban J connectivity index is 1.28. The van der Waals surface area contributed by atoms with Crippen LogP contribution in [0.1, 0.15) is 54.4 Å². The van der Waals surface area contributed by atoms with Gasteiger partial charge in [-0.15, -0.1) is 10.2 Å². The smallest absolute Gasteiger partial charge is 0.251 e. The summed E-state index contributed by atoms with van der Waals surface area (Å²) in [6.45, 7) is 4.76. The molecule has 0 aliphatic carbocycles. The lowest BCUT2D eigenvalue weighted by Gasteiger charge is -2.32. The molecule has 0 radical (unpaired) electrons. The first-order chi connectivity index (χ1) is 18.6. The SMILES string of the molecule is CCCCn1c(CNC(=O)c2ccc(OC)cc2)nnc1SCC(=O)N1CCC(Cc2ccccc2)CC1. The van der Waals surface area contributed by atoms with Crippen LogP contribution in [0.15, 0.2) is 59.8 Å². The first-order valence-corrected chi connectivity index (χ1v) is 14.3. The maximum Gasteiger partial charge on any atom is 0.251 e. The summed E-state index contributed by atoms with van der Waals surface area (Å²) in [5.74, 6) is 2.32. The summed E-state index contributed by atoms with van der Waals surface area (Å²) in [4.78, 5) is 27.6. The first kappa shape index (κ1) is 27.7. The van der Waals surface area contributed by atoms with Gasteiger partial charge >= 0.3 is 0 Å². The Morgan fingerprint density at radius 1 is 1.05 bits per heavy atom. The van der Waals surface area contributed by atoms with E-state index >= 15 is 0 Å². The van der Waals surface area contributed by atoms with Gasteiger partial charge in [0.2, 0.25) is 5.91 Å². The summed E-state index contributed by atoms with van der Waals surface area (Å²) >= 11 is 1.43. The van der Waals surface area contributed by atoms with E-state index in [1.165, 1.54) is 17.3 Å². The third-order valence-electron chi connectivity index (χ3n) is 6.95. The summed E-state index contributed by atoms with van der Waals surface area (Å²) in [5.41, 5.74) is 1.92. The number of ether oxygens (including phenoxy) is 1. The van der Waals surface area contributed by atoms with Crippen molar-refractivity contribution in [3.05, 3.63) is 71.5 Å². The monoisotopic (exact) mass is 535 g/mol. The number of amides is 2. The van der Waals surface area contributed by atoms with Crippen molar-refractivity contribution >= 4 is 23.6 Å². The molecule has 2 aromatic carbocycles. The van der Waals surface area contributed by atoms with E-state index in [1.54, 1.807) is 31.4 Å². The molecule has 0 spiro atoms. The van der Waals surface area contributed by atoms with Crippen LogP contribution < -0.4 is 10.1 Å². The Kier molecular flexibility index (Phi) is 10.2. The number of hydrogen-bond donors (Lipinski definition) is 1. The second-order valence-electron chi connectivity index (χ2n) is 9.62. The number of carbonyl (C=O) groups is 2. The lowest BCUT2D eigenvalue weighted by atomic mass is 9.90. The Hall–Kier alpha value is -3.33. The topological polar surface area (TPSA) is 89.4 Å². The van der Waals surface area contributed by atoms with Crippen LogP contribution in [0.25, 0.3) is 0 Å². The highest BCUT2D eigenvalue weighted by Gasteiger charge is 2.24. The molecular formula is C29H37N5O3S. The van der Waals surface area contributed by atoms with Crippen molar-refractivity contribution in [1.82, 2.24) is 25.0 Å². The molecule has 0 atom stereocenters. The number of unbranched alkanes of at least 4 members (excludes halogenated alkanes) is 1. The van der Waals surface area contributed by atoms with Crippen molar-refractivity contribution in [3.63, 3.8) is 0 Å². The Labute approximate surface area is 229 Å². The highest BCUT2D eigenvalue weighted by atomic mass is 32.2. The van der Waals surface area contributed by atoms with Gasteiger partial charge in [0.25, 0.3) is 5.91 Å². The predicted octanol–water partition coefficient (Wildman–Crippen LogP) is 4.59. The summed E-state index contributed by atoms with van der Waals surface area (Å²) in [6, 6.07) is 17.6. The molecule has 1 N–H and O–H groups in total. The quantitative estimate of drug-likeness (QED) is 0.341. The molecule has 1 fully saturated rings. The number of hydrogen-bond acceptors (Lipinski definition) is 6. The molecule has 8 nitrogen and oxygen atoms in total. The van der Waals surface area contributed by atoms with Crippen LogP contribution >= 0.6 is 11.8 Å². The molecule has 0 unspecified atom stereocenters. The highest BCUT2D eigenvalue weighted by molar-refractivity contribution is 7.99. The van der Waals surface area contributed by atoms with Gasteiger partial charge in [0.05, 0.1) is 19.4 Å². The number of rotatable bonds is 12. The van der Waals surface area contributed by atoms with E-state index in [1.807, 2.05) is 15.5 Å². The van der Waals surface area contributed by atoms with Gasteiger partial charge in [0.15, 0.2) is 11.0 Å². The van der Waals surface area contributed by atoms with Gasteiger partial charge in [0.1, 0.15) is 5.75 Å². The number of carbonyl (C=O) groups excluding carboxylic acids is 2. The normalized spacial score (nSPS) is 13.9. The Bertz CT molecular complexity index is 1170. The molecule has 202 valence electrons. The predicted molar refractivity (Wildman–Crippen MR) is 149 cm³/mol. The number of methoxy groups -OCH3 is 1. The van der Waals surface area contributed by atoms with E-state index in [0.29, 0.717) is 28.8 Å². The maximum atomic E-state index is 13.0. The van der Waals surface area contributed by atoms with Crippen LogP contribution in [-0.2, 0) is 24.3 Å². The molecule has 0 bridgehead atoms. The van der Waals surface area contributed by atoms with E-state index in [-0.39, 0.29) is 18.4 Å². The molecule has 0 saturated carbocycles. The fraction of sp³-hybridized carbons (Fsp3) is 0.448. The van der Waals surface area contributed by atoms with Gasteiger partial charge < -0.3 is 19.5 Å². The van der Waals surface area contributed by atoms with E-state index in [2.05, 4.69) is 46.7 Å². The lowest BCUT2D eigenvalue weighted by molar-refractivity contribution is -0.129. The third-order valence-corrected chi connectivity index (χ3v) is 7.90. The number of nitrogens with zero attached hydrogens (tertiary/aromatic N) is 4. The molecule has 3 aromatic rings. The van der Waals surface area contributed by atoms with Gasteiger partial charge in [-0.3, -0.25) is 9.59 Å². The van der Waals surface area contributed by atoms with Gasteiger partial charge in [-0.1, -0.05) is 55.4 Å². The van der Waals surface area contributed by atoms with E-state index in [4.69, 9.17) is 4.74 Å². The van der Waals surface area contributed by atoms with Crippen molar-refractivity contribution in [1.29, 1.82) is 0 Å². The number of aromatic nitrogens is 3. The molecule has 1 aliphatic rings. The Morgan fingerprint density at radius 3 is 2.47 bits per heavy atom. The van der Waals surface area contributed by atoms with Gasteiger partial charge in [-0.2, -0.15) is 0 Å². The average Bonchev–Trinajstić information content (AvgIpc) is 3.35. The zero-order valence-electron chi connectivity index (χ0n) is 22.3. The molecule has 2 heterocycles. The molecule has 2 amide bonds. The van der Waals surface area contributed by atoms with Crippen LogP contribution in [0.5, 0.6) is 5.75 Å². The third kappa shape index (κ3) is 7.60. The molecule has 1 aliphatic heterocycles. The van der Waals surface area contributed by atoms with E-state index < -0.39 is 0 Å². The van der Waals surface area contributed by atoms with Crippen molar-refractivity contribution < 1.29 is 14.3 Å². The Morgan fingerprint density at radius 2 is 1.79 bits per heavy atom. The number of thioether (sulfide) groups is 1. The summed E-state index contributed by atoms with van der Waals surface area (Å²) in [6.07, 6.45) is 5.15. The van der Waals surface area contributed by atoms with Crippen molar-refractivity contribution in [2.24, 2.45) is 5.92 Å². The molecular weight excluding hydrogens is 498 g/mol. The fourth-order valence-corrected chi connectivity index (χ4v) is 5.54. The summed E-state index contributed by atoms with van der Waals surface area (Å²) < 4.78 is 7.19. The lowest BCUT2D eigenvalue weighted by Crippen LogP contribution is -2.39. The van der Waals surface area contributed by atoms with Crippen LogP contribution in [0.4, 0.5) is 0 Å². The largest absolute Gasteiger partial charge is 0.497 e. The second-order valence-corrected chi connectivity index (χ2v) is 10.6. The zero-order chi connectivity index (χ0) is 26.7. The molecule has 38 heavy (non-hydrogen) atoms. The van der Waals surface area contributed by atoms with Crippen LogP contribution in [0.2, 0.25) is 0 Å². The van der Waals surface area contributed by atoms with E-state index in [0.717, 1.165) is 56.9 Å². The minimum Gasteiger partial charge on any atom is -0.497 e. The fourth-order valence-electron chi connectivity index (χ4n) is 4.65. The van der Waals surface area contributed by atoms with Crippen molar-refractivity contribution in [2.45, 2.75) is 57.3 Å². The van der Waals surface area contributed by atoms with Crippen LogP contribution in [-0.4, -0.2) is 57.4 Å². The van der Waals surface area contributed by atoms with Crippen molar-refractivity contribution in [2.75, 3.05) is 26.0 Å². The van der Waals surface area contributed by atoms with Gasteiger partial charge in [0, 0.05) is 25.2 Å². The van der Waals surface area contributed by atoms with Crippen molar-refractivity contribution in [3.8, 4) is 5.75 Å². The van der Waals surface area contributed by atoms with Gasteiger partial charge in [-0.05, 0) is 61.4 Å². The molecule has 1 aromatic heterocycles. The zero-order valence-corrected chi connectivity index (χ0v) is 23.1. The average molecular weight is 536 g/mol. The number of piperidine rings is 1. The highest BCUT2D eigenvalue weighted by Crippen LogP contribution is 2.24. The minimum absolute atomic E-state index is 0.146. The molecule has 4 rings (SSSR count). The van der Waals surface area contributed by atoms with Crippen LogP contribution in [0.3, 0.4) is 0 Å². The maximum absolute atomic E-state index is 13.0. The minimum atomic E-state index is -0.183. The second kappa shape index (κ2) is 14.0. The number of likely N-dealkylation sites (tertiary alicyclic amines) is 1. The number of benzene rings is 2. The standard InChI is InChI=1S/C29H37N5O3S/c1-3-4-16-34-26(20-30-28(36)24-10-12-25(37-2)13-11-24)31-32-29(34)38-21-27(35)33-17-14-23(15-18-33)19-22-8-6-5-7-9-22/h5-13,23H,3-4,14-21H2,1-2H3,(H,30,36). The first-order valence-electron chi connectivity index (χ1n) is 13.4. The van der Waals surface area contributed by atoms with Crippen LogP contribution in [0, 0.1) is 5.92 Å².